The van der Waals surface area contributed by atoms with E-state index in [-0.39, 0.29) is 11.9 Å². The van der Waals surface area contributed by atoms with E-state index < -0.39 is 0 Å². The molecule has 3 aromatic rings. The predicted molar refractivity (Wildman–Crippen MR) is 172 cm³/mol. The summed E-state index contributed by atoms with van der Waals surface area (Å²) < 4.78 is 4.98. The number of likely N-dealkylation sites (tertiary alicyclic amines) is 1. The number of halogens is 2. The molecule has 2 aliphatic rings. The molecule has 1 aliphatic heterocycles. The van der Waals surface area contributed by atoms with Gasteiger partial charge in [-0.3, -0.25) is 9.69 Å². The average Bonchev–Trinajstić information content (AvgIpc) is 3.14. The highest BCUT2D eigenvalue weighted by atomic mass is 35.5. The summed E-state index contributed by atoms with van der Waals surface area (Å²) in [4.78, 5) is 27.9. The highest BCUT2D eigenvalue weighted by Crippen LogP contribution is 2.42. The van der Waals surface area contributed by atoms with Crippen LogP contribution < -0.4 is 0 Å². The number of methoxy groups -OCH3 is 1. The van der Waals surface area contributed by atoms with E-state index in [2.05, 4.69) is 35.2 Å². The lowest BCUT2D eigenvalue weighted by molar-refractivity contribution is -0.123. The van der Waals surface area contributed by atoms with E-state index in [0.717, 1.165) is 72.3 Å². The maximum Gasteiger partial charge on any atom is 0.337 e. The number of aryl methyl sites for hydroxylation is 1. The van der Waals surface area contributed by atoms with E-state index >= 15 is 0 Å². The molecule has 216 valence electrons. The number of benzene rings is 3. The number of ether oxygens (including phenoxy) is 1. The predicted octanol–water partition coefficient (Wildman–Crippen LogP) is 7.42. The Morgan fingerprint density at radius 3 is 2.38 bits per heavy atom. The standard InChI is InChI=1S/C35H34Cl2N2O3/c1-38(2)33(40)8-5-17-39-21-24(22-39)18-23-9-11-25(12-10-23)34-29-15-13-27(35(41)42-3)19-26(29)6-4-7-31(34)30-16-14-28(36)20-32(30)37/h5,8-16,18-20H,4,6-7,17,21-22H2,1-3H3. The van der Waals surface area contributed by atoms with Crippen LogP contribution in [-0.2, 0) is 16.0 Å². The molecule has 5 nitrogen and oxygen atoms in total. The van der Waals surface area contributed by atoms with Gasteiger partial charge in [-0.25, -0.2) is 4.79 Å². The maximum absolute atomic E-state index is 12.3. The van der Waals surface area contributed by atoms with Crippen molar-refractivity contribution >= 4 is 52.3 Å². The number of likely N-dealkylation sites (N-methyl/N-ethyl adjacent to an activating group) is 1. The first-order valence-electron chi connectivity index (χ1n) is 14.0. The highest BCUT2D eigenvalue weighted by Gasteiger charge is 2.23. The molecule has 0 spiro atoms. The second-order valence-corrected chi connectivity index (χ2v) is 11.8. The molecule has 7 heteroatoms. The van der Waals surface area contributed by atoms with Crippen LogP contribution in [0.4, 0.5) is 0 Å². The Morgan fingerprint density at radius 1 is 0.952 bits per heavy atom. The lowest BCUT2D eigenvalue weighted by Gasteiger charge is -2.33. The van der Waals surface area contributed by atoms with Gasteiger partial charge in [0.2, 0.25) is 5.91 Å². The minimum absolute atomic E-state index is 0.00295. The number of esters is 1. The Hall–Kier alpha value is -3.64. The van der Waals surface area contributed by atoms with Crippen molar-refractivity contribution in [1.82, 2.24) is 9.80 Å². The number of hydrogen-bond donors (Lipinski definition) is 0. The zero-order chi connectivity index (χ0) is 29.8. The van der Waals surface area contributed by atoms with Crippen molar-refractivity contribution in [2.75, 3.05) is 40.8 Å². The van der Waals surface area contributed by atoms with Gasteiger partial charge in [-0.15, -0.1) is 0 Å². The van der Waals surface area contributed by atoms with Crippen molar-refractivity contribution in [3.8, 4) is 0 Å². The number of amides is 1. The number of hydrogen-bond acceptors (Lipinski definition) is 4. The normalized spacial score (nSPS) is 15.2. The van der Waals surface area contributed by atoms with Crippen LogP contribution in [0.2, 0.25) is 10.0 Å². The first kappa shape index (κ1) is 29.8. The summed E-state index contributed by atoms with van der Waals surface area (Å²) in [5.74, 6) is -0.332. The highest BCUT2D eigenvalue weighted by molar-refractivity contribution is 6.36. The molecule has 0 radical (unpaired) electrons. The molecule has 0 bridgehead atoms. The minimum Gasteiger partial charge on any atom is -0.465 e. The van der Waals surface area contributed by atoms with Gasteiger partial charge in [-0.05, 0) is 88.1 Å². The van der Waals surface area contributed by atoms with E-state index in [0.29, 0.717) is 15.6 Å². The monoisotopic (exact) mass is 600 g/mol. The van der Waals surface area contributed by atoms with E-state index in [4.69, 9.17) is 27.9 Å². The summed E-state index contributed by atoms with van der Waals surface area (Å²) in [5, 5.41) is 1.23. The van der Waals surface area contributed by atoms with Crippen LogP contribution in [0.25, 0.3) is 17.2 Å². The third kappa shape index (κ3) is 6.70. The number of carbonyl (C=O) groups is 2. The number of nitrogens with zero attached hydrogens (tertiary/aromatic N) is 2. The quantitative estimate of drug-likeness (QED) is 0.209. The first-order valence-corrected chi connectivity index (χ1v) is 14.8. The molecular formula is C35H34Cl2N2O3. The molecule has 1 heterocycles. The van der Waals surface area contributed by atoms with E-state index in [1.165, 1.54) is 18.3 Å². The molecule has 3 aromatic carbocycles. The number of allylic oxidation sites excluding steroid dienone is 1. The number of fused-ring (bicyclic) bond motifs is 1. The van der Waals surface area contributed by atoms with E-state index in [1.807, 2.05) is 36.4 Å². The van der Waals surface area contributed by atoms with Crippen LogP contribution in [0.3, 0.4) is 0 Å². The molecule has 42 heavy (non-hydrogen) atoms. The summed E-state index contributed by atoms with van der Waals surface area (Å²) in [6.45, 7) is 2.54. The van der Waals surface area contributed by atoms with Crippen molar-refractivity contribution in [3.05, 3.63) is 122 Å². The molecule has 0 atom stereocenters. The Labute approximate surface area is 257 Å². The second-order valence-electron chi connectivity index (χ2n) is 10.9. The fourth-order valence-electron chi connectivity index (χ4n) is 5.55. The van der Waals surface area contributed by atoms with Gasteiger partial charge >= 0.3 is 5.97 Å². The molecule has 1 fully saturated rings. The van der Waals surface area contributed by atoms with Gasteiger partial charge in [-0.2, -0.15) is 0 Å². The number of carbonyl (C=O) groups excluding carboxylic acids is 2. The third-order valence-corrected chi connectivity index (χ3v) is 8.26. The fraction of sp³-hybridized carbons (Fsp3) is 0.257. The van der Waals surface area contributed by atoms with Gasteiger partial charge in [0.15, 0.2) is 0 Å². The Kier molecular flexibility index (Phi) is 9.32. The first-order chi connectivity index (χ1) is 20.2. The van der Waals surface area contributed by atoms with Gasteiger partial charge in [0.1, 0.15) is 0 Å². The average molecular weight is 602 g/mol. The molecular weight excluding hydrogens is 567 g/mol. The molecule has 1 amide bonds. The molecule has 1 saturated heterocycles. The summed E-state index contributed by atoms with van der Waals surface area (Å²) in [6.07, 6.45) is 8.40. The molecule has 0 aromatic heterocycles. The van der Waals surface area contributed by atoms with Gasteiger partial charge < -0.3 is 9.64 Å². The van der Waals surface area contributed by atoms with Gasteiger partial charge in [0, 0.05) is 49.9 Å². The SMILES string of the molecule is COC(=O)c1ccc2c(c1)CCCC(c1ccc(Cl)cc1Cl)=C2c1ccc(C=C2CN(CC=CC(=O)N(C)C)C2)cc1. The molecule has 5 rings (SSSR count). The number of rotatable bonds is 7. The summed E-state index contributed by atoms with van der Waals surface area (Å²) >= 11 is 13.0. The minimum atomic E-state index is -0.335. The summed E-state index contributed by atoms with van der Waals surface area (Å²) in [5.41, 5.74) is 9.64. The van der Waals surface area contributed by atoms with Crippen LogP contribution in [0.5, 0.6) is 0 Å². The van der Waals surface area contributed by atoms with E-state index in [9.17, 15) is 9.59 Å². The van der Waals surface area contributed by atoms with Crippen LogP contribution >= 0.6 is 23.2 Å². The van der Waals surface area contributed by atoms with Crippen molar-refractivity contribution in [3.63, 3.8) is 0 Å². The Bertz CT molecular complexity index is 1590. The molecule has 0 saturated carbocycles. The maximum atomic E-state index is 12.3. The van der Waals surface area contributed by atoms with Crippen LogP contribution in [0.15, 0.2) is 78.4 Å². The van der Waals surface area contributed by atoms with Gasteiger partial charge in [-0.1, -0.05) is 71.8 Å². The van der Waals surface area contributed by atoms with Crippen LogP contribution in [0, 0.1) is 0 Å². The molecule has 0 N–H and O–H groups in total. The summed E-state index contributed by atoms with van der Waals surface area (Å²) in [6, 6.07) is 20.1. The van der Waals surface area contributed by atoms with Gasteiger partial charge in [0.25, 0.3) is 0 Å². The Balaban J connectivity index is 1.45. The third-order valence-electron chi connectivity index (χ3n) is 7.71. The molecule has 0 unspecified atom stereocenters. The van der Waals surface area contributed by atoms with Crippen LogP contribution in [-0.4, -0.2) is 62.5 Å². The van der Waals surface area contributed by atoms with Crippen molar-refractivity contribution in [2.45, 2.75) is 19.3 Å². The Morgan fingerprint density at radius 2 is 1.69 bits per heavy atom. The van der Waals surface area contributed by atoms with Crippen LogP contribution in [0.1, 0.15) is 51.0 Å². The summed E-state index contributed by atoms with van der Waals surface area (Å²) in [7, 11) is 4.91. The van der Waals surface area contributed by atoms with E-state index in [1.54, 1.807) is 31.1 Å². The van der Waals surface area contributed by atoms with Crippen molar-refractivity contribution in [1.29, 1.82) is 0 Å². The topological polar surface area (TPSA) is 49.9 Å². The molecule has 1 aliphatic carbocycles. The largest absolute Gasteiger partial charge is 0.465 e. The van der Waals surface area contributed by atoms with Crippen molar-refractivity contribution in [2.24, 2.45) is 0 Å². The lowest BCUT2D eigenvalue weighted by atomic mass is 9.87. The van der Waals surface area contributed by atoms with Gasteiger partial charge in [0.05, 0.1) is 12.7 Å². The smallest absolute Gasteiger partial charge is 0.337 e. The zero-order valence-electron chi connectivity index (χ0n) is 24.1. The lowest BCUT2D eigenvalue weighted by Crippen LogP contribution is -2.39. The van der Waals surface area contributed by atoms with Crippen molar-refractivity contribution < 1.29 is 14.3 Å². The second kappa shape index (κ2) is 13.1. The zero-order valence-corrected chi connectivity index (χ0v) is 25.6. The fourth-order valence-corrected chi connectivity index (χ4v) is 6.07.